The third kappa shape index (κ3) is 12.7. The van der Waals surface area contributed by atoms with Crippen molar-refractivity contribution < 1.29 is 39.2 Å². The van der Waals surface area contributed by atoms with Crippen molar-refractivity contribution in [2.24, 2.45) is 17.8 Å². The first kappa shape index (κ1) is 33.8. The minimum absolute atomic E-state index is 0.00501. The summed E-state index contributed by atoms with van der Waals surface area (Å²) < 4.78 is 10.8. The average Bonchev–Trinajstić information content (AvgIpc) is 3.25. The minimum atomic E-state index is -0.897. The zero-order valence-electron chi connectivity index (χ0n) is 23.9. The van der Waals surface area contributed by atoms with Crippen LogP contribution in [0.15, 0.2) is 54.6 Å². The van der Waals surface area contributed by atoms with Crippen LogP contribution in [0.3, 0.4) is 0 Å². The van der Waals surface area contributed by atoms with E-state index in [1.54, 1.807) is 6.08 Å². The van der Waals surface area contributed by atoms with Crippen molar-refractivity contribution in [3.63, 3.8) is 0 Å². The molecule has 1 amide bonds. The molecule has 0 aliphatic heterocycles. The number of rotatable bonds is 18. The summed E-state index contributed by atoms with van der Waals surface area (Å²) in [6.07, 6.45) is 7.07. The van der Waals surface area contributed by atoms with E-state index < -0.39 is 35.5 Å². The van der Waals surface area contributed by atoms with Gasteiger partial charge in [-0.2, -0.15) is 0 Å². The molecule has 1 aliphatic rings. The Morgan fingerprint density at radius 1 is 1.17 bits per heavy atom. The number of nitrogens with one attached hydrogen (secondary N) is 1. The highest BCUT2D eigenvalue weighted by molar-refractivity contribution is 5.75. The van der Waals surface area contributed by atoms with Crippen LogP contribution in [0, 0.1) is 27.9 Å². The largest absolute Gasteiger partial charge is 0.508 e. The molecule has 1 fully saturated rings. The molecule has 1 aromatic carbocycles. The monoisotopic (exact) mass is 576 g/mol. The van der Waals surface area contributed by atoms with Gasteiger partial charge in [-0.3, -0.25) is 4.79 Å². The first-order valence-corrected chi connectivity index (χ1v) is 14.3. The van der Waals surface area contributed by atoms with Crippen LogP contribution >= 0.6 is 0 Å². The summed E-state index contributed by atoms with van der Waals surface area (Å²) in [4.78, 5) is 39.1. The number of hydrogen-bond donors (Lipinski definition) is 3. The Morgan fingerprint density at radius 3 is 2.59 bits per heavy atom. The molecule has 0 radical (unpaired) electrons. The predicted octanol–water partition coefficient (Wildman–Crippen LogP) is 4.15. The molecule has 1 aromatic rings. The van der Waals surface area contributed by atoms with Crippen LogP contribution in [-0.2, 0) is 25.5 Å². The first-order chi connectivity index (χ1) is 19.7. The van der Waals surface area contributed by atoms with Crippen molar-refractivity contribution in [1.29, 1.82) is 0 Å². The second kappa shape index (κ2) is 18.8. The van der Waals surface area contributed by atoms with Crippen molar-refractivity contribution in [2.45, 2.75) is 77.1 Å². The maximum Gasteiger partial charge on any atom is 0.508 e. The standard InChI is InChI=1S/C30H44N2O9/c1-3-10-23(14-18-28(35)31-4-2)29-25(17-16-24(33)15-13-22-11-6-5-7-12-22)27(21-26(29)34)41-30(36)39-19-8-9-20-40-32(37)38/h3,5-7,10-12,16-17,23-27,29,33-34H,4,8-9,13-15,18-21H2,1-2H3,(H,31,35)/t23?,24-,25?,26?,27?,29?/m0/s1. The van der Waals surface area contributed by atoms with Gasteiger partial charge in [0.2, 0.25) is 5.91 Å². The van der Waals surface area contributed by atoms with E-state index >= 15 is 0 Å². The number of carbonyl (C=O) groups is 2. The van der Waals surface area contributed by atoms with E-state index in [4.69, 9.17) is 9.47 Å². The summed E-state index contributed by atoms with van der Waals surface area (Å²) in [5, 5.41) is 33.9. The fraction of sp³-hybridized carbons (Fsp3) is 0.600. The summed E-state index contributed by atoms with van der Waals surface area (Å²) in [5.74, 6) is -1.01. The van der Waals surface area contributed by atoms with Crippen LogP contribution in [0.1, 0.15) is 57.9 Å². The molecule has 1 saturated carbocycles. The lowest BCUT2D eigenvalue weighted by Gasteiger charge is -2.29. The molecule has 11 heteroatoms. The summed E-state index contributed by atoms with van der Waals surface area (Å²) >= 11 is 0. The Kier molecular flexibility index (Phi) is 15.5. The highest BCUT2D eigenvalue weighted by Gasteiger charge is 2.46. The molecule has 1 aliphatic carbocycles. The van der Waals surface area contributed by atoms with Gasteiger partial charge in [-0.1, -0.05) is 54.6 Å². The lowest BCUT2D eigenvalue weighted by molar-refractivity contribution is -0.757. The number of aryl methyl sites for hydroxylation is 1. The molecule has 5 unspecified atom stereocenters. The number of carbonyl (C=O) groups excluding carboxylic acids is 2. The first-order valence-electron chi connectivity index (χ1n) is 14.3. The lowest BCUT2D eigenvalue weighted by Crippen LogP contribution is -2.31. The second-order valence-electron chi connectivity index (χ2n) is 10.1. The molecule has 11 nitrogen and oxygen atoms in total. The summed E-state index contributed by atoms with van der Waals surface area (Å²) in [5.41, 5.74) is 1.11. The number of aliphatic hydroxyl groups is 2. The van der Waals surface area contributed by atoms with Crippen molar-refractivity contribution in [3.8, 4) is 0 Å². The van der Waals surface area contributed by atoms with Crippen molar-refractivity contribution in [1.82, 2.24) is 5.32 Å². The highest BCUT2D eigenvalue weighted by atomic mass is 16.9. The van der Waals surface area contributed by atoms with E-state index in [1.165, 1.54) is 0 Å². The van der Waals surface area contributed by atoms with Gasteiger partial charge < -0.3 is 29.8 Å². The Bertz CT molecular complexity index is 985. The zero-order valence-corrected chi connectivity index (χ0v) is 23.9. The van der Waals surface area contributed by atoms with Gasteiger partial charge in [0.1, 0.15) is 6.10 Å². The van der Waals surface area contributed by atoms with Gasteiger partial charge in [0.15, 0.2) is 0 Å². The van der Waals surface area contributed by atoms with E-state index in [1.807, 2.05) is 62.4 Å². The van der Waals surface area contributed by atoms with E-state index in [-0.39, 0.29) is 43.8 Å². The van der Waals surface area contributed by atoms with Gasteiger partial charge in [0, 0.05) is 31.2 Å². The second-order valence-corrected chi connectivity index (χ2v) is 10.1. The average molecular weight is 577 g/mol. The molecule has 0 bridgehead atoms. The summed E-state index contributed by atoms with van der Waals surface area (Å²) in [6.45, 7) is 4.18. The van der Waals surface area contributed by atoms with Crippen LogP contribution in [0.5, 0.6) is 0 Å². The molecule has 0 heterocycles. The minimum Gasteiger partial charge on any atom is -0.434 e. The number of benzene rings is 1. The number of hydrogen-bond acceptors (Lipinski definition) is 9. The van der Waals surface area contributed by atoms with Gasteiger partial charge in [0.05, 0.1) is 25.4 Å². The number of nitrogens with zero attached hydrogens (tertiary/aromatic N) is 1. The third-order valence-electron chi connectivity index (χ3n) is 7.13. The highest BCUT2D eigenvalue weighted by Crippen LogP contribution is 2.42. The molecule has 3 N–H and O–H groups in total. The molecular formula is C30H44N2O9. The van der Waals surface area contributed by atoms with E-state index in [9.17, 15) is 29.9 Å². The van der Waals surface area contributed by atoms with Crippen LogP contribution in [-0.4, -0.2) is 65.4 Å². The molecule has 0 spiro atoms. The Labute approximate surface area is 241 Å². The van der Waals surface area contributed by atoms with Crippen LogP contribution in [0.25, 0.3) is 0 Å². The fourth-order valence-corrected chi connectivity index (χ4v) is 5.22. The number of ether oxygens (including phenoxy) is 2. The summed E-state index contributed by atoms with van der Waals surface area (Å²) in [6, 6.07) is 9.84. The molecule has 41 heavy (non-hydrogen) atoms. The molecule has 6 atom stereocenters. The smallest absolute Gasteiger partial charge is 0.434 e. The van der Waals surface area contributed by atoms with E-state index in [0.717, 1.165) is 5.56 Å². The maximum atomic E-state index is 12.5. The topological polar surface area (TPSA) is 157 Å². The van der Waals surface area contributed by atoms with Crippen LogP contribution in [0.4, 0.5) is 4.79 Å². The molecule has 228 valence electrons. The molecule has 0 saturated heterocycles. The van der Waals surface area contributed by atoms with Crippen LogP contribution in [0.2, 0.25) is 0 Å². The van der Waals surface area contributed by atoms with Gasteiger partial charge >= 0.3 is 6.16 Å². The maximum absolute atomic E-state index is 12.5. The zero-order chi connectivity index (χ0) is 30.0. The fourth-order valence-electron chi connectivity index (χ4n) is 5.22. The SMILES string of the molecule is CC=CC(CCC(=O)NCC)C1C(O)CC(OC(=O)OCCCCO[N+](=O)[O-])C1C=C[C@@H](O)CCc1ccccc1. The Balaban J connectivity index is 2.10. The van der Waals surface area contributed by atoms with Crippen molar-refractivity contribution in [2.75, 3.05) is 19.8 Å². The summed E-state index contributed by atoms with van der Waals surface area (Å²) in [7, 11) is 0. The van der Waals surface area contributed by atoms with Crippen molar-refractivity contribution in [3.05, 3.63) is 70.3 Å². The normalized spacial score (nSPS) is 22.0. The predicted molar refractivity (Wildman–Crippen MR) is 152 cm³/mol. The molecule has 0 aromatic heterocycles. The van der Waals surface area contributed by atoms with Gasteiger partial charge in [-0.25, -0.2) is 4.79 Å². The van der Waals surface area contributed by atoms with E-state index in [0.29, 0.717) is 38.6 Å². The number of unbranched alkanes of at least 4 members (excludes halogenated alkanes) is 1. The molecule has 2 rings (SSSR count). The third-order valence-corrected chi connectivity index (χ3v) is 7.13. The number of aliphatic hydroxyl groups excluding tert-OH is 2. The van der Waals surface area contributed by atoms with Crippen molar-refractivity contribution >= 4 is 12.1 Å². The van der Waals surface area contributed by atoms with Gasteiger partial charge in [0.25, 0.3) is 5.09 Å². The number of amides is 1. The van der Waals surface area contributed by atoms with Gasteiger partial charge in [-0.05, 0) is 57.4 Å². The van der Waals surface area contributed by atoms with Crippen LogP contribution < -0.4 is 5.32 Å². The van der Waals surface area contributed by atoms with Gasteiger partial charge in [-0.15, -0.1) is 10.1 Å². The lowest BCUT2D eigenvalue weighted by atomic mass is 9.79. The number of allylic oxidation sites excluding steroid dienone is 2. The Hall–Kier alpha value is -3.44. The Morgan fingerprint density at radius 2 is 1.90 bits per heavy atom. The molecular weight excluding hydrogens is 532 g/mol. The van der Waals surface area contributed by atoms with E-state index in [2.05, 4.69) is 10.2 Å². The quantitative estimate of drug-likeness (QED) is 0.0767.